The minimum atomic E-state index is 1.15. The summed E-state index contributed by atoms with van der Waals surface area (Å²) in [5, 5.41) is 4.11. The average Bonchev–Trinajstić information content (AvgIpc) is 3.38. The lowest BCUT2D eigenvalue weighted by Crippen LogP contribution is -2.06. The van der Waals surface area contributed by atoms with Gasteiger partial charge in [0.2, 0.25) is 0 Å². The first kappa shape index (κ1) is 17.9. The van der Waals surface area contributed by atoms with Gasteiger partial charge in [0.25, 0.3) is 0 Å². The van der Waals surface area contributed by atoms with Gasteiger partial charge in [0, 0.05) is 33.2 Å². The van der Waals surface area contributed by atoms with Crippen molar-refractivity contribution in [3.05, 3.63) is 108 Å². The lowest BCUT2D eigenvalue weighted by molar-refractivity contribution is 0.667. The molecule has 0 spiro atoms. The number of aromatic nitrogens is 2. The van der Waals surface area contributed by atoms with Crippen molar-refractivity contribution in [1.82, 2.24) is 9.13 Å². The molecule has 1 aliphatic carbocycles. The summed E-state index contributed by atoms with van der Waals surface area (Å²) in [6.45, 7) is 0. The molecule has 0 N–H and O–H groups in total. The monoisotopic (exact) mass is 412 g/mol. The molecule has 2 nitrogen and oxygen atoms in total. The fraction of sp³-hybridized carbons (Fsp3) is 0.133. The SMILES string of the molecule is c1ccc(-n2c3c(c4ccc5c(c6ccccc6n5-c5ccccc5)c42)CCCC3)cc1. The van der Waals surface area contributed by atoms with Crippen LogP contribution in [0.5, 0.6) is 0 Å². The summed E-state index contributed by atoms with van der Waals surface area (Å²) in [5.74, 6) is 0. The Morgan fingerprint density at radius 3 is 1.94 bits per heavy atom. The van der Waals surface area contributed by atoms with E-state index in [0.29, 0.717) is 0 Å². The lowest BCUT2D eigenvalue weighted by Gasteiger charge is -2.16. The highest BCUT2D eigenvalue weighted by atomic mass is 15.0. The predicted octanol–water partition coefficient (Wildman–Crippen LogP) is 7.61. The highest BCUT2D eigenvalue weighted by Gasteiger charge is 2.24. The molecule has 6 aromatic rings. The third-order valence-corrected chi connectivity index (χ3v) is 7.10. The number of benzene rings is 4. The fourth-order valence-electron chi connectivity index (χ4n) is 5.80. The second-order valence-electron chi connectivity index (χ2n) is 8.85. The molecule has 2 heteroatoms. The van der Waals surface area contributed by atoms with Gasteiger partial charge < -0.3 is 9.13 Å². The minimum absolute atomic E-state index is 1.15. The normalized spacial score (nSPS) is 13.8. The van der Waals surface area contributed by atoms with Crippen molar-refractivity contribution < 1.29 is 0 Å². The van der Waals surface area contributed by atoms with Gasteiger partial charge in [0.1, 0.15) is 0 Å². The summed E-state index contributed by atoms with van der Waals surface area (Å²) in [6.07, 6.45) is 4.88. The van der Waals surface area contributed by atoms with Gasteiger partial charge in [-0.05, 0) is 67.6 Å². The first-order valence-electron chi connectivity index (χ1n) is 11.6. The van der Waals surface area contributed by atoms with Gasteiger partial charge in [0.05, 0.1) is 16.6 Å². The molecule has 0 bridgehead atoms. The van der Waals surface area contributed by atoms with Gasteiger partial charge in [-0.3, -0.25) is 0 Å². The molecular weight excluding hydrogens is 388 g/mol. The maximum atomic E-state index is 2.56. The van der Waals surface area contributed by atoms with E-state index in [-0.39, 0.29) is 0 Å². The third kappa shape index (κ3) is 2.41. The van der Waals surface area contributed by atoms with E-state index in [9.17, 15) is 0 Å². The maximum Gasteiger partial charge on any atom is 0.0634 e. The summed E-state index contributed by atoms with van der Waals surface area (Å²) in [7, 11) is 0. The lowest BCUT2D eigenvalue weighted by atomic mass is 9.95. The number of nitrogens with zero attached hydrogens (tertiary/aromatic N) is 2. The minimum Gasteiger partial charge on any atom is -0.313 e. The quantitative estimate of drug-likeness (QED) is 0.277. The van der Waals surface area contributed by atoms with Gasteiger partial charge >= 0.3 is 0 Å². The Morgan fingerprint density at radius 1 is 0.500 bits per heavy atom. The van der Waals surface area contributed by atoms with E-state index in [1.165, 1.54) is 69.0 Å². The molecule has 2 aromatic heterocycles. The second kappa shape index (κ2) is 6.86. The zero-order valence-corrected chi connectivity index (χ0v) is 18.0. The molecule has 0 amide bonds. The fourth-order valence-corrected chi connectivity index (χ4v) is 5.80. The standard InChI is InChI=1S/C30H24N2/c1-3-11-21(12-4-1)31-27-18-10-8-16-25(27)29-28(31)20-19-24-23-15-7-9-17-26(23)32(30(24)29)22-13-5-2-6-14-22/h1-6,8,10-14,16,18-20H,7,9,15,17H2. The molecule has 2 heterocycles. The molecule has 0 aliphatic heterocycles. The molecule has 154 valence electrons. The molecular formula is C30H24N2. The number of hydrogen-bond donors (Lipinski definition) is 0. The molecule has 1 aliphatic rings. The van der Waals surface area contributed by atoms with E-state index < -0.39 is 0 Å². The van der Waals surface area contributed by atoms with Crippen molar-refractivity contribution >= 4 is 32.7 Å². The van der Waals surface area contributed by atoms with Crippen molar-refractivity contribution in [3.63, 3.8) is 0 Å². The van der Waals surface area contributed by atoms with Gasteiger partial charge in [-0.1, -0.05) is 60.7 Å². The summed E-state index contributed by atoms with van der Waals surface area (Å²) >= 11 is 0. The number of rotatable bonds is 2. The highest BCUT2D eigenvalue weighted by Crippen LogP contribution is 2.42. The van der Waals surface area contributed by atoms with E-state index in [1.54, 1.807) is 5.56 Å². The molecule has 0 fully saturated rings. The van der Waals surface area contributed by atoms with E-state index in [4.69, 9.17) is 0 Å². The number of aryl methyl sites for hydroxylation is 1. The van der Waals surface area contributed by atoms with Crippen LogP contribution in [0.3, 0.4) is 0 Å². The van der Waals surface area contributed by atoms with Crippen molar-refractivity contribution in [2.24, 2.45) is 0 Å². The van der Waals surface area contributed by atoms with Crippen LogP contribution in [0.15, 0.2) is 97.1 Å². The third-order valence-electron chi connectivity index (χ3n) is 7.10. The van der Waals surface area contributed by atoms with Crippen LogP contribution in [-0.2, 0) is 12.8 Å². The summed E-state index contributed by atoms with van der Waals surface area (Å²) < 4.78 is 4.99. The van der Waals surface area contributed by atoms with Gasteiger partial charge in [-0.25, -0.2) is 0 Å². The van der Waals surface area contributed by atoms with Crippen LogP contribution in [-0.4, -0.2) is 9.13 Å². The van der Waals surface area contributed by atoms with E-state index in [2.05, 4.69) is 106 Å². The molecule has 32 heavy (non-hydrogen) atoms. The van der Waals surface area contributed by atoms with Gasteiger partial charge in [0.15, 0.2) is 0 Å². The number of hydrogen-bond acceptors (Lipinski definition) is 0. The zero-order chi connectivity index (χ0) is 21.1. The van der Waals surface area contributed by atoms with Crippen molar-refractivity contribution in [3.8, 4) is 11.4 Å². The Hall–Kier alpha value is -3.78. The molecule has 0 saturated carbocycles. The van der Waals surface area contributed by atoms with E-state index in [1.807, 2.05) is 0 Å². The zero-order valence-electron chi connectivity index (χ0n) is 18.0. The predicted molar refractivity (Wildman–Crippen MR) is 134 cm³/mol. The van der Waals surface area contributed by atoms with Crippen LogP contribution in [0.4, 0.5) is 0 Å². The van der Waals surface area contributed by atoms with Crippen LogP contribution in [0.25, 0.3) is 44.1 Å². The van der Waals surface area contributed by atoms with Crippen LogP contribution in [0.1, 0.15) is 24.1 Å². The largest absolute Gasteiger partial charge is 0.313 e. The highest BCUT2D eigenvalue weighted by molar-refractivity contribution is 6.21. The Bertz CT molecular complexity index is 1600. The Balaban J connectivity index is 1.72. The van der Waals surface area contributed by atoms with Crippen molar-refractivity contribution in [2.75, 3.05) is 0 Å². The van der Waals surface area contributed by atoms with Crippen molar-refractivity contribution in [2.45, 2.75) is 25.7 Å². The Kier molecular flexibility index (Phi) is 3.83. The maximum absolute atomic E-state index is 2.56. The summed E-state index contributed by atoms with van der Waals surface area (Å²) in [4.78, 5) is 0. The molecule has 0 radical (unpaired) electrons. The second-order valence-corrected chi connectivity index (χ2v) is 8.85. The van der Waals surface area contributed by atoms with Crippen LogP contribution in [0.2, 0.25) is 0 Å². The van der Waals surface area contributed by atoms with Gasteiger partial charge in [-0.2, -0.15) is 0 Å². The number of fused-ring (bicyclic) bond motifs is 7. The number of para-hydroxylation sites is 3. The Labute approximate surface area is 187 Å². The van der Waals surface area contributed by atoms with Crippen LogP contribution in [0, 0.1) is 0 Å². The summed E-state index contributed by atoms with van der Waals surface area (Å²) in [5.41, 5.74) is 9.43. The van der Waals surface area contributed by atoms with Gasteiger partial charge in [-0.15, -0.1) is 0 Å². The average molecular weight is 413 g/mol. The first-order chi connectivity index (χ1) is 15.9. The van der Waals surface area contributed by atoms with E-state index >= 15 is 0 Å². The first-order valence-corrected chi connectivity index (χ1v) is 11.6. The van der Waals surface area contributed by atoms with Crippen LogP contribution >= 0.6 is 0 Å². The van der Waals surface area contributed by atoms with Crippen LogP contribution < -0.4 is 0 Å². The Morgan fingerprint density at radius 2 is 1.16 bits per heavy atom. The molecule has 4 aromatic carbocycles. The topological polar surface area (TPSA) is 9.86 Å². The molecule has 0 unspecified atom stereocenters. The smallest absolute Gasteiger partial charge is 0.0634 e. The molecule has 0 atom stereocenters. The van der Waals surface area contributed by atoms with Crippen molar-refractivity contribution in [1.29, 1.82) is 0 Å². The summed E-state index contributed by atoms with van der Waals surface area (Å²) in [6, 6.07) is 35.3. The molecule has 7 rings (SSSR count). The molecule has 0 saturated heterocycles. The van der Waals surface area contributed by atoms with E-state index in [0.717, 1.165) is 6.42 Å².